The number of pyridine rings is 2. The fourth-order valence-corrected chi connectivity index (χ4v) is 1.65. The fourth-order valence-electron chi connectivity index (χ4n) is 1.22. The quantitative estimate of drug-likeness (QED) is 0.851. The molecule has 4 nitrogen and oxygen atoms in total. The molecule has 2 aromatic rings. The van der Waals surface area contributed by atoms with Gasteiger partial charge in [-0.05, 0) is 24.3 Å². The van der Waals surface area contributed by atoms with Crippen molar-refractivity contribution in [1.82, 2.24) is 9.97 Å². The Bertz CT molecular complexity index is 546. The molecule has 86 valence electrons. The van der Waals surface area contributed by atoms with Crippen molar-refractivity contribution in [2.75, 3.05) is 5.32 Å². The van der Waals surface area contributed by atoms with Gasteiger partial charge in [-0.3, -0.25) is 9.78 Å². The lowest BCUT2D eigenvalue weighted by Gasteiger charge is -2.05. The molecule has 0 unspecified atom stereocenters. The van der Waals surface area contributed by atoms with E-state index in [4.69, 9.17) is 23.2 Å². The van der Waals surface area contributed by atoms with Crippen molar-refractivity contribution in [1.29, 1.82) is 0 Å². The largest absolute Gasteiger partial charge is 0.322 e. The summed E-state index contributed by atoms with van der Waals surface area (Å²) in [6.45, 7) is 0. The number of nitrogens with one attached hydrogen (secondary N) is 1. The van der Waals surface area contributed by atoms with E-state index in [1.807, 2.05) is 0 Å². The van der Waals surface area contributed by atoms with Crippen LogP contribution < -0.4 is 5.32 Å². The van der Waals surface area contributed by atoms with E-state index in [1.165, 1.54) is 12.1 Å². The van der Waals surface area contributed by atoms with Gasteiger partial charge in [0.05, 0.1) is 5.56 Å². The summed E-state index contributed by atoms with van der Waals surface area (Å²) in [6, 6.07) is 6.38. The first-order chi connectivity index (χ1) is 8.16. The van der Waals surface area contributed by atoms with Gasteiger partial charge < -0.3 is 5.32 Å². The van der Waals surface area contributed by atoms with Crippen LogP contribution in [-0.4, -0.2) is 15.9 Å². The number of hydrogen-bond donors (Lipinski definition) is 1. The molecule has 0 saturated carbocycles. The minimum absolute atomic E-state index is 0.0732. The highest BCUT2D eigenvalue weighted by Gasteiger charge is 2.11. The molecule has 0 aliphatic rings. The molecule has 2 heterocycles. The summed E-state index contributed by atoms with van der Waals surface area (Å²) in [6.07, 6.45) is 3.16. The van der Waals surface area contributed by atoms with Crippen molar-refractivity contribution >= 4 is 34.8 Å². The maximum atomic E-state index is 11.8. The number of amides is 1. The molecular formula is C11H7Cl2N3O. The van der Waals surface area contributed by atoms with Gasteiger partial charge in [-0.25, -0.2) is 4.98 Å². The van der Waals surface area contributed by atoms with Crippen molar-refractivity contribution < 1.29 is 4.79 Å². The number of aromatic nitrogens is 2. The minimum Gasteiger partial charge on any atom is -0.322 e. The third kappa shape index (κ3) is 2.93. The molecule has 0 aliphatic heterocycles. The molecule has 2 aromatic heterocycles. The minimum atomic E-state index is -0.342. The molecular weight excluding hydrogens is 261 g/mol. The van der Waals surface area contributed by atoms with Crippen molar-refractivity contribution in [2.45, 2.75) is 0 Å². The predicted molar refractivity (Wildman–Crippen MR) is 66.4 cm³/mol. The van der Waals surface area contributed by atoms with Gasteiger partial charge in [-0.1, -0.05) is 23.2 Å². The Labute approximate surface area is 108 Å². The zero-order chi connectivity index (χ0) is 12.3. The SMILES string of the molecule is O=C(Nc1ccncc1)c1ccc(Cl)nc1Cl. The second-order valence-corrected chi connectivity index (χ2v) is 3.91. The topological polar surface area (TPSA) is 54.9 Å². The Morgan fingerprint density at radius 3 is 2.47 bits per heavy atom. The van der Waals surface area contributed by atoms with Crippen LogP contribution in [0.15, 0.2) is 36.7 Å². The van der Waals surface area contributed by atoms with Crippen LogP contribution in [0.4, 0.5) is 5.69 Å². The van der Waals surface area contributed by atoms with Crippen LogP contribution in [0.25, 0.3) is 0 Å². The molecule has 0 bridgehead atoms. The third-order valence-corrected chi connectivity index (χ3v) is 2.50. The predicted octanol–water partition coefficient (Wildman–Crippen LogP) is 3.04. The molecule has 0 aliphatic carbocycles. The summed E-state index contributed by atoms with van der Waals surface area (Å²) in [5, 5.41) is 2.99. The van der Waals surface area contributed by atoms with Crippen LogP contribution in [0.1, 0.15) is 10.4 Å². The van der Waals surface area contributed by atoms with Crippen LogP contribution in [0.3, 0.4) is 0 Å². The maximum absolute atomic E-state index is 11.8. The van der Waals surface area contributed by atoms with Gasteiger partial charge in [0.25, 0.3) is 5.91 Å². The third-order valence-electron chi connectivity index (χ3n) is 2.00. The zero-order valence-electron chi connectivity index (χ0n) is 8.52. The number of rotatable bonds is 2. The Morgan fingerprint density at radius 1 is 1.12 bits per heavy atom. The molecule has 1 amide bonds. The highest BCUT2D eigenvalue weighted by Crippen LogP contribution is 2.18. The Morgan fingerprint density at radius 2 is 1.82 bits per heavy atom. The number of nitrogens with zero attached hydrogens (tertiary/aromatic N) is 2. The Hall–Kier alpha value is -1.65. The zero-order valence-corrected chi connectivity index (χ0v) is 10.0. The van der Waals surface area contributed by atoms with E-state index in [0.29, 0.717) is 5.69 Å². The number of hydrogen-bond acceptors (Lipinski definition) is 3. The molecule has 0 aromatic carbocycles. The van der Waals surface area contributed by atoms with Crippen LogP contribution in [0, 0.1) is 0 Å². The van der Waals surface area contributed by atoms with Gasteiger partial charge in [0.15, 0.2) is 0 Å². The maximum Gasteiger partial charge on any atom is 0.258 e. The molecule has 0 saturated heterocycles. The van der Waals surface area contributed by atoms with E-state index < -0.39 is 0 Å². The molecule has 2 rings (SSSR count). The standard InChI is InChI=1S/C11H7Cl2N3O/c12-9-2-1-8(10(13)16-9)11(17)15-7-3-5-14-6-4-7/h1-6H,(H,14,15,17). The lowest BCUT2D eigenvalue weighted by Crippen LogP contribution is -2.12. The molecule has 0 fully saturated rings. The van der Waals surface area contributed by atoms with Gasteiger partial charge >= 0.3 is 0 Å². The first-order valence-electron chi connectivity index (χ1n) is 4.70. The molecule has 17 heavy (non-hydrogen) atoms. The first-order valence-corrected chi connectivity index (χ1v) is 5.46. The van der Waals surface area contributed by atoms with E-state index in [0.717, 1.165) is 0 Å². The van der Waals surface area contributed by atoms with Gasteiger partial charge in [-0.15, -0.1) is 0 Å². The van der Waals surface area contributed by atoms with Gasteiger partial charge in [0.2, 0.25) is 0 Å². The van der Waals surface area contributed by atoms with Gasteiger partial charge in [0.1, 0.15) is 10.3 Å². The lowest BCUT2D eigenvalue weighted by molar-refractivity contribution is 0.102. The average Bonchev–Trinajstić information content (AvgIpc) is 2.30. The van der Waals surface area contributed by atoms with Crippen LogP contribution >= 0.6 is 23.2 Å². The van der Waals surface area contributed by atoms with Gasteiger partial charge in [0, 0.05) is 18.1 Å². The van der Waals surface area contributed by atoms with Crippen molar-refractivity contribution in [3.8, 4) is 0 Å². The van der Waals surface area contributed by atoms with E-state index in [1.54, 1.807) is 24.5 Å². The lowest BCUT2D eigenvalue weighted by atomic mass is 10.2. The summed E-state index contributed by atoms with van der Waals surface area (Å²) in [7, 11) is 0. The molecule has 0 atom stereocenters. The first kappa shape index (κ1) is 11.8. The summed E-state index contributed by atoms with van der Waals surface area (Å²) < 4.78 is 0. The van der Waals surface area contributed by atoms with E-state index in [-0.39, 0.29) is 21.8 Å². The second-order valence-electron chi connectivity index (χ2n) is 3.16. The molecule has 0 radical (unpaired) electrons. The van der Waals surface area contributed by atoms with E-state index in [9.17, 15) is 4.79 Å². The number of anilines is 1. The fraction of sp³-hybridized carbons (Fsp3) is 0. The number of carbonyl (C=O) groups is 1. The van der Waals surface area contributed by atoms with Crippen molar-refractivity contribution in [3.05, 3.63) is 52.5 Å². The van der Waals surface area contributed by atoms with Gasteiger partial charge in [-0.2, -0.15) is 0 Å². The monoisotopic (exact) mass is 267 g/mol. The second kappa shape index (κ2) is 5.12. The normalized spacial score (nSPS) is 10.0. The van der Waals surface area contributed by atoms with Crippen molar-refractivity contribution in [2.24, 2.45) is 0 Å². The highest BCUT2D eigenvalue weighted by atomic mass is 35.5. The summed E-state index contributed by atoms with van der Waals surface area (Å²) in [5.41, 5.74) is 0.906. The Balaban J connectivity index is 2.21. The van der Waals surface area contributed by atoms with Crippen LogP contribution in [-0.2, 0) is 0 Å². The summed E-state index contributed by atoms with van der Waals surface area (Å²) in [5.74, 6) is -0.342. The smallest absolute Gasteiger partial charge is 0.258 e. The Kier molecular flexibility index (Phi) is 3.56. The molecule has 6 heteroatoms. The van der Waals surface area contributed by atoms with E-state index >= 15 is 0 Å². The summed E-state index contributed by atoms with van der Waals surface area (Å²) in [4.78, 5) is 19.5. The van der Waals surface area contributed by atoms with E-state index in [2.05, 4.69) is 15.3 Å². The summed E-state index contributed by atoms with van der Waals surface area (Å²) >= 11 is 11.5. The average molecular weight is 268 g/mol. The number of halogens is 2. The number of carbonyl (C=O) groups excluding carboxylic acids is 1. The van der Waals surface area contributed by atoms with Crippen molar-refractivity contribution in [3.63, 3.8) is 0 Å². The van der Waals surface area contributed by atoms with Crippen LogP contribution in [0.5, 0.6) is 0 Å². The molecule has 1 N–H and O–H groups in total. The highest BCUT2D eigenvalue weighted by molar-refractivity contribution is 6.35. The molecule has 0 spiro atoms. The van der Waals surface area contributed by atoms with Crippen LogP contribution in [0.2, 0.25) is 10.3 Å².